The van der Waals surface area contributed by atoms with Crippen LogP contribution in [0, 0.1) is 0 Å². The van der Waals surface area contributed by atoms with Gasteiger partial charge in [0.2, 0.25) is 0 Å². The molecule has 7 nitrogen and oxygen atoms in total. The number of benzene rings is 2. The number of methoxy groups -OCH3 is 1. The van der Waals surface area contributed by atoms with Gasteiger partial charge in [-0.3, -0.25) is 14.7 Å². The van der Waals surface area contributed by atoms with Crippen molar-refractivity contribution >= 4 is 11.7 Å². The average molecular weight is 506 g/mol. The van der Waals surface area contributed by atoms with Crippen LogP contribution in [0.15, 0.2) is 85.3 Å². The van der Waals surface area contributed by atoms with Crippen LogP contribution in [0.1, 0.15) is 33.0 Å². The van der Waals surface area contributed by atoms with Crippen LogP contribution in [0.25, 0.3) is 11.1 Å². The highest BCUT2D eigenvalue weighted by atomic mass is 16.5. The summed E-state index contributed by atoms with van der Waals surface area (Å²) in [6, 6.07) is 22.4. The molecule has 2 aromatic heterocycles. The normalized spacial score (nSPS) is 17.1. The molecule has 1 fully saturated rings. The zero-order chi connectivity index (χ0) is 25.9. The molecule has 1 unspecified atom stereocenters. The molecule has 38 heavy (non-hydrogen) atoms. The average Bonchev–Trinajstić information content (AvgIpc) is 3.41. The lowest BCUT2D eigenvalue weighted by molar-refractivity contribution is 0.0628. The van der Waals surface area contributed by atoms with Gasteiger partial charge in [-0.2, -0.15) is 0 Å². The maximum atomic E-state index is 13.4. The minimum absolute atomic E-state index is 0.0816. The van der Waals surface area contributed by atoms with Crippen molar-refractivity contribution in [3.05, 3.63) is 108 Å². The third kappa shape index (κ3) is 4.85. The summed E-state index contributed by atoms with van der Waals surface area (Å²) >= 11 is 0. The van der Waals surface area contributed by atoms with Crippen molar-refractivity contribution < 1.29 is 9.53 Å². The molecule has 192 valence electrons. The van der Waals surface area contributed by atoms with Crippen molar-refractivity contribution in [2.75, 3.05) is 45.2 Å². The van der Waals surface area contributed by atoms with Gasteiger partial charge in [0.1, 0.15) is 11.6 Å². The number of fused-ring (bicyclic) bond motifs is 1. The van der Waals surface area contributed by atoms with E-state index in [9.17, 15) is 4.79 Å². The molecule has 1 N–H and O–H groups in total. The number of aromatic nitrogens is 2. The maximum Gasteiger partial charge on any atom is 0.253 e. The summed E-state index contributed by atoms with van der Waals surface area (Å²) in [5, 5.41) is 3.44. The first-order valence-corrected chi connectivity index (χ1v) is 13.1. The number of nitrogens with one attached hydrogen (secondary N) is 1. The highest BCUT2D eigenvalue weighted by Gasteiger charge is 2.28. The lowest BCUT2D eigenvalue weighted by Crippen LogP contribution is -2.48. The number of hydrogen-bond donors (Lipinski definition) is 1. The number of carbonyl (C=O) groups excluding carboxylic acids is 1. The van der Waals surface area contributed by atoms with E-state index in [4.69, 9.17) is 9.72 Å². The summed E-state index contributed by atoms with van der Waals surface area (Å²) in [6.45, 7) is 4.83. The van der Waals surface area contributed by atoms with E-state index < -0.39 is 0 Å². The molecule has 0 aliphatic carbocycles. The number of amides is 1. The lowest BCUT2D eigenvalue weighted by Gasteiger charge is -2.34. The van der Waals surface area contributed by atoms with Gasteiger partial charge >= 0.3 is 0 Å². The highest BCUT2D eigenvalue weighted by Crippen LogP contribution is 2.40. The minimum atomic E-state index is 0.0816. The highest BCUT2D eigenvalue weighted by molar-refractivity contribution is 5.95. The van der Waals surface area contributed by atoms with Crippen LogP contribution in [0.4, 0.5) is 5.82 Å². The second-order valence-corrected chi connectivity index (χ2v) is 9.84. The van der Waals surface area contributed by atoms with Gasteiger partial charge in [0.05, 0.1) is 7.11 Å². The number of piperazine rings is 1. The van der Waals surface area contributed by atoms with Crippen molar-refractivity contribution in [1.82, 2.24) is 19.8 Å². The van der Waals surface area contributed by atoms with Crippen molar-refractivity contribution in [3.63, 3.8) is 0 Å². The van der Waals surface area contributed by atoms with Crippen LogP contribution in [-0.2, 0) is 6.54 Å². The van der Waals surface area contributed by atoms with Gasteiger partial charge in [-0.1, -0.05) is 30.3 Å². The van der Waals surface area contributed by atoms with Gasteiger partial charge in [-0.25, -0.2) is 4.98 Å². The molecule has 1 atom stereocenters. The third-order valence-corrected chi connectivity index (χ3v) is 7.54. The van der Waals surface area contributed by atoms with Gasteiger partial charge < -0.3 is 15.0 Å². The molecule has 6 rings (SSSR count). The molecule has 1 saturated heterocycles. The molecule has 2 aliphatic rings. The smallest absolute Gasteiger partial charge is 0.253 e. The number of rotatable bonds is 6. The number of para-hydroxylation sites is 1. The van der Waals surface area contributed by atoms with Crippen molar-refractivity contribution in [3.8, 4) is 16.9 Å². The Bertz CT molecular complexity index is 1430. The third-order valence-electron chi connectivity index (χ3n) is 7.54. The Morgan fingerprint density at radius 3 is 2.58 bits per heavy atom. The molecule has 2 aromatic carbocycles. The molecular formula is C31H31N5O2. The van der Waals surface area contributed by atoms with E-state index >= 15 is 0 Å². The molecule has 0 saturated carbocycles. The Kier molecular flexibility index (Phi) is 6.75. The molecule has 0 radical (unpaired) electrons. The molecule has 0 spiro atoms. The van der Waals surface area contributed by atoms with Gasteiger partial charge in [0, 0.05) is 86.0 Å². The number of pyridine rings is 2. The number of nitrogens with zero attached hydrogens (tertiary/aromatic N) is 4. The van der Waals surface area contributed by atoms with E-state index in [0.717, 1.165) is 73.1 Å². The predicted molar refractivity (Wildman–Crippen MR) is 148 cm³/mol. The SMILES string of the molecule is COc1ccccc1C1CNc2ncc(-c3cccc(C(=O)N4CCN(Cc5ccncc5)CC4)c3)cc21. The fourth-order valence-corrected chi connectivity index (χ4v) is 5.46. The summed E-state index contributed by atoms with van der Waals surface area (Å²) in [5.74, 6) is 2.02. The van der Waals surface area contributed by atoms with Gasteiger partial charge in [0.25, 0.3) is 5.91 Å². The van der Waals surface area contributed by atoms with E-state index in [0.29, 0.717) is 5.56 Å². The number of anilines is 1. The van der Waals surface area contributed by atoms with Crippen molar-refractivity contribution in [2.45, 2.75) is 12.5 Å². The van der Waals surface area contributed by atoms with E-state index in [1.165, 1.54) is 5.56 Å². The monoisotopic (exact) mass is 505 g/mol. The van der Waals surface area contributed by atoms with Crippen LogP contribution in [0.3, 0.4) is 0 Å². The van der Waals surface area contributed by atoms with E-state index in [1.54, 1.807) is 7.11 Å². The standard InChI is InChI=1S/C31H31N5O2/c1-38-29-8-3-2-7-26(29)28-20-34-30-27(28)18-25(19-33-30)23-5-4-6-24(17-23)31(37)36-15-13-35(14-16-36)21-22-9-11-32-12-10-22/h2-12,17-19,28H,13-16,20-21H2,1H3,(H,33,34). The van der Waals surface area contributed by atoms with Crippen LogP contribution in [0.2, 0.25) is 0 Å². The topological polar surface area (TPSA) is 70.6 Å². The van der Waals surface area contributed by atoms with Crippen LogP contribution in [-0.4, -0.2) is 65.5 Å². The first-order chi connectivity index (χ1) is 18.7. The molecule has 1 amide bonds. The Morgan fingerprint density at radius 1 is 0.947 bits per heavy atom. The largest absolute Gasteiger partial charge is 0.496 e. The Balaban J connectivity index is 1.18. The molecule has 0 bridgehead atoms. The van der Waals surface area contributed by atoms with Crippen LogP contribution in [0.5, 0.6) is 5.75 Å². The summed E-state index contributed by atoms with van der Waals surface area (Å²) in [6.07, 6.45) is 5.54. The van der Waals surface area contributed by atoms with Crippen molar-refractivity contribution in [2.24, 2.45) is 0 Å². The molecule has 4 heterocycles. The maximum absolute atomic E-state index is 13.4. The lowest BCUT2D eigenvalue weighted by atomic mass is 9.91. The number of carbonyl (C=O) groups is 1. The van der Waals surface area contributed by atoms with E-state index in [1.807, 2.05) is 78.1 Å². The van der Waals surface area contributed by atoms with Crippen molar-refractivity contribution in [1.29, 1.82) is 0 Å². The summed E-state index contributed by atoms with van der Waals surface area (Å²) in [5.41, 5.74) is 6.25. The van der Waals surface area contributed by atoms with Gasteiger partial charge in [0.15, 0.2) is 0 Å². The van der Waals surface area contributed by atoms with Crippen LogP contribution >= 0.6 is 0 Å². The van der Waals surface area contributed by atoms with E-state index in [2.05, 4.69) is 27.3 Å². The number of ether oxygens (including phenoxy) is 1. The molecule has 2 aliphatic heterocycles. The summed E-state index contributed by atoms with van der Waals surface area (Å²) < 4.78 is 5.63. The minimum Gasteiger partial charge on any atom is -0.496 e. The predicted octanol–water partition coefficient (Wildman–Crippen LogP) is 4.67. The Labute approximate surface area is 223 Å². The fraction of sp³-hybridized carbons (Fsp3) is 0.258. The quantitative estimate of drug-likeness (QED) is 0.411. The first kappa shape index (κ1) is 24.1. The molecule has 7 heteroatoms. The fourth-order valence-electron chi connectivity index (χ4n) is 5.46. The Morgan fingerprint density at radius 2 is 1.76 bits per heavy atom. The first-order valence-electron chi connectivity index (χ1n) is 13.1. The summed E-state index contributed by atoms with van der Waals surface area (Å²) in [4.78, 5) is 26.6. The summed E-state index contributed by atoms with van der Waals surface area (Å²) in [7, 11) is 1.71. The Hall–Kier alpha value is -4.23. The molecular weight excluding hydrogens is 474 g/mol. The van der Waals surface area contributed by atoms with Gasteiger partial charge in [-0.15, -0.1) is 0 Å². The second kappa shape index (κ2) is 10.6. The zero-order valence-corrected chi connectivity index (χ0v) is 21.5. The zero-order valence-electron chi connectivity index (χ0n) is 21.5. The second-order valence-electron chi connectivity index (χ2n) is 9.84. The van der Waals surface area contributed by atoms with Crippen LogP contribution < -0.4 is 10.1 Å². The number of hydrogen-bond acceptors (Lipinski definition) is 6. The molecule has 4 aromatic rings. The van der Waals surface area contributed by atoms with Gasteiger partial charge in [-0.05, 0) is 47.5 Å². The van der Waals surface area contributed by atoms with E-state index in [-0.39, 0.29) is 11.8 Å².